The summed E-state index contributed by atoms with van der Waals surface area (Å²) in [6, 6.07) is 0.570. The second kappa shape index (κ2) is 6.30. The van der Waals surface area contributed by atoms with Crippen LogP contribution in [-0.4, -0.2) is 61.0 Å². The van der Waals surface area contributed by atoms with E-state index < -0.39 is 0 Å². The molecule has 4 rings (SSSR count). The summed E-state index contributed by atoms with van der Waals surface area (Å²) >= 11 is 1.80. The number of piperazine rings is 1. The van der Waals surface area contributed by atoms with Gasteiger partial charge in [-0.05, 0) is 37.7 Å². The molecule has 1 aliphatic carbocycles. The van der Waals surface area contributed by atoms with Gasteiger partial charge < -0.3 is 10.2 Å². The summed E-state index contributed by atoms with van der Waals surface area (Å²) in [6.45, 7) is 6.27. The Balaban J connectivity index is 1.44. The zero-order chi connectivity index (χ0) is 14.9. The molecule has 2 saturated heterocycles. The van der Waals surface area contributed by atoms with Gasteiger partial charge in [0, 0.05) is 55.6 Å². The zero-order valence-corrected chi connectivity index (χ0v) is 14.0. The summed E-state index contributed by atoms with van der Waals surface area (Å²) in [6.07, 6.45) is 5.95. The van der Waals surface area contributed by atoms with Crippen LogP contribution in [0.2, 0.25) is 0 Å². The van der Waals surface area contributed by atoms with Crippen molar-refractivity contribution in [1.82, 2.24) is 15.1 Å². The monoisotopic (exact) mass is 319 g/mol. The van der Waals surface area contributed by atoms with E-state index in [0.717, 1.165) is 57.7 Å². The first-order chi connectivity index (χ1) is 10.8. The van der Waals surface area contributed by atoms with E-state index in [9.17, 15) is 4.79 Å². The summed E-state index contributed by atoms with van der Waals surface area (Å²) in [5.41, 5.74) is 2.38. The topological polar surface area (TPSA) is 35.6 Å². The van der Waals surface area contributed by atoms with E-state index in [-0.39, 0.29) is 5.91 Å². The molecule has 3 aliphatic rings. The molecule has 1 aromatic rings. The predicted molar refractivity (Wildman–Crippen MR) is 89.7 cm³/mol. The maximum Gasteiger partial charge on any atom is 0.255 e. The largest absolute Gasteiger partial charge is 0.337 e. The molecule has 0 bridgehead atoms. The Labute approximate surface area is 136 Å². The highest BCUT2D eigenvalue weighted by molar-refractivity contribution is 7.10. The van der Waals surface area contributed by atoms with Gasteiger partial charge in [-0.25, -0.2) is 0 Å². The van der Waals surface area contributed by atoms with Crippen molar-refractivity contribution in [2.45, 2.75) is 38.1 Å². The van der Waals surface area contributed by atoms with Crippen molar-refractivity contribution in [3.05, 3.63) is 21.4 Å². The number of carbonyl (C=O) groups is 1. The molecule has 0 radical (unpaired) electrons. The molecule has 22 heavy (non-hydrogen) atoms. The van der Waals surface area contributed by atoms with Gasteiger partial charge in [0.25, 0.3) is 5.91 Å². The molecule has 5 heteroatoms. The third-order valence-corrected chi connectivity index (χ3v) is 6.50. The molecule has 1 aromatic heterocycles. The Bertz CT molecular complexity index is 550. The van der Waals surface area contributed by atoms with Crippen LogP contribution in [0.4, 0.5) is 0 Å². The minimum absolute atomic E-state index is 0.289. The molecule has 1 unspecified atom stereocenters. The second-order valence-electron chi connectivity index (χ2n) is 6.74. The summed E-state index contributed by atoms with van der Waals surface area (Å²) in [7, 11) is 0. The molecule has 2 fully saturated rings. The average molecular weight is 319 g/mol. The van der Waals surface area contributed by atoms with Gasteiger partial charge in [-0.15, -0.1) is 11.3 Å². The van der Waals surface area contributed by atoms with Crippen LogP contribution in [-0.2, 0) is 12.8 Å². The van der Waals surface area contributed by atoms with Gasteiger partial charge in [0.05, 0.1) is 5.56 Å². The first kappa shape index (κ1) is 14.7. The van der Waals surface area contributed by atoms with Crippen molar-refractivity contribution < 1.29 is 4.79 Å². The fraction of sp³-hybridized carbons (Fsp3) is 0.706. The number of hydrogen-bond donors (Lipinski definition) is 1. The average Bonchev–Trinajstić information content (AvgIpc) is 3.22. The number of hydrogen-bond acceptors (Lipinski definition) is 4. The lowest BCUT2D eigenvalue weighted by molar-refractivity contribution is 0.0772. The highest BCUT2D eigenvalue weighted by Crippen LogP contribution is 2.31. The number of nitrogens with one attached hydrogen (secondary N) is 1. The van der Waals surface area contributed by atoms with E-state index in [1.54, 1.807) is 11.3 Å². The van der Waals surface area contributed by atoms with E-state index in [1.807, 2.05) is 0 Å². The third-order valence-electron chi connectivity index (χ3n) is 5.41. The molecule has 1 atom stereocenters. The van der Waals surface area contributed by atoms with Crippen molar-refractivity contribution >= 4 is 17.2 Å². The second-order valence-corrected chi connectivity index (χ2v) is 7.70. The quantitative estimate of drug-likeness (QED) is 0.902. The maximum absolute atomic E-state index is 12.9. The Hall–Kier alpha value is -0.910. The third kappa shape index (κ3) is 2.70. The van der Waals surface area contributed by atoms with Crippen LogP contribution in [0.15, 0.2) is 5.38 Å². The molecular formula is C17H25N3OS. The van der Waals surface area contributed by atoms with Gasteiger partial charge in [-0.2, -0.15) is 0 Å². The van der Waals surface area contributed by atoms with Crippen LogP contribution in [0, 0.1) is 0 Å². The van der Waals surface area contributed by atoms with E-state index in [0.29, 0.717) is 6.04 Å². The van der Waals surface area contributed by atoms with Crippen molar-refractivity contribution in [1.29, 1.82) is 0 Å². The highest BCUT2D eigenvalue weighted by atomic mass is 32.1. The molecular weight excluding hydrogens is 294 g/mol. The molecule has 4 nitrogen and oxygen atoms in total. The van der Waals surface area contributed by atoms with E-state index in [2.05, 4.69) is 20.5 Å². The summed E-state index contributed by atoms with van der Waals surface area (Å²) in [5.74, 6) is 0.289. The SMILES string of the molecule is O=C(c1csc2c1CCCC2)N1CCC(N2CCNCC2)C1. The van der Waals surface area contributed by atoms with Gasteiger partial charge >= 0.3 is 0 Å². The molecule has 2 aliphatic heterocycles. The van der Waals surface area contributed by atoms with Gasteiger partial charge in [-0.3, -0.25) is 9.69 Å². The summed E-state index contributed by atoms with van der Waals surface area (Å²) in [5, 5.41) is 5.53. The van der Waals surface area contributed by atoms with E-state index in [4.69, 9.17) is 0 Å². The van der Waals surface area contributed by atoms with Crippen LogP contribution in [0.1, 0.15) is 40.1 Å². The molecule has 120 valence electrons. The van der Waals surface area contributed by atoms with E-state index in [1.165, 1.54) is 29.7 Å². The minimum atomic E-state index is 0.289. The smallest absolute Gasteiger partial charge is 0.255 e. The van der Waals surface area contributed by atoms with E-state index >= 15 is 0 Å². The normalized spacial score (nSPS) is 26.2. The number of nitrogens with zero attached hydrogens (tertiary/aromatic N) is 2. The first-order valence-corrected chi connectivity index (χ1v) is 9.54. The molecule has 0 saturated carbocycles. The van der Waals surface area contributed by atoms with Crippen LogP contribution in [0.25, 0.3) is 0 Å². The van der Waals surface area contributed by atoms with Crippen molar-refractivity contribution in [2.75, 3.05) is 39.3 Å². The lowest BCUT2D eigenvalue weighted by Gasteiger charge is -2.32. The Morgan fingerprint density at radius 2 is 2.00 bits per heavy atom. The number of likely N-dealkylation sites (tertiary alicyclic amines) is 1. The van der Waals surface area contributed by atoms with Crippen LogP contribution in [0.5, 0.6) is 0 Å². The van der Waals surface area contributed by atoms with Crippen LogP contribution in [0.3, 0.4) is 0 Å². The Kier molecular flexibility index (Phi) is 4.20. The summed E-state index contributed by atoms with van der Waals surface area (Å²) in [4.78, 5) is 19.0. The van der Waals surface area contributed by atoms with Crippen molar-refractivity contribution in [3.8, 4) is 0 Å². The standard InChI is InChI=1S/C17H25N3OS/c21-17(15-12-22-16-4-2-1-3-14(15)16)20-8-5-13(11-20)19-9-6-18-7-10-19/h12-13,18H,1-11H2. The van der Waals surface area contributed by atoms with Crippen LogP contribution < -0.4 is 5.32 Å². The lowest BCUT2D eigenvalue weighted by Crippen LogP contribution is -2.49. The van der Waals surface area contributed by atoms with Gasteiger partial charge in [0.1, 0.15) is 0 Å². The van der Waals surface area contributed by atoms with Gasteiger partial charge in [-0.1, -0.05) is 0 Å². The molecule has 3 heterocycles. The number of rotatable bonds is 2. The zero-order valence-electron chi connectivity index (χ0n) is 13.1. The number of thiophene rings is 1. The fourth-order valence-electron chi connectivity index (χ4n) is 4.12. The Morgan fingerprint density at radius 1 is 1.18 bits per heavy atom. The maximum atomic E-state index is 12.9. The number of amides is 1. The predicted octanol–water partition coefficient (Wildman–Crippen LogP) is 1.75. The van der Waals surface area contributed by atoms with Crippen molar-refractivity contribution in [2.24, 2.45) is 0 Å². The van der Waals surface area contributed by atoms with Gasteiger partial charge in [0.2, 0.25) is 0 Å². The molecule has 0 aromatic carbocycles. The van der Waals surface area contributed by atoms with Crippen molar-refractivity contribution in [3.63, 3.8) is 0 Å². The number of fused-ring (bicyclic) bond motifs is 1. The lowest BCUT2D eigenvalue weighted by atomic mass is 9.95. The molecule has 1 N–H and O–H groups in total. The van der Waals surface area contributed by atoms with Gasteiger partial charge in [0.15, 0.2) is 0 Å². The Morgan fingerprint density at radius 3 is 2.86 bits per heavy atom. The van der Waals surface area contributed by atoms with Crippen LogP contribution >= 0.6 is 11.3 Å². The minimum Gasteiger partial charge on any atom is -0.337 e. The molecule has 1 amide bonds. The highest BCUT2D eigenvalue weighted by Gasteiger charge is 2.33. The first-order valence-electron chi connectivity index (χ1n) is 8.66. The number of carbonyl (C=O) groups excluding carboxylic acids is 1. The molecule has 0 spiro atoms. The number of aryl methyl sites for hydroxylation is 1. The summed E-state index contributed by atoms with van der Waals surface area (Å²) < 4.78 is 0. The fourth-order valence-corrected chi connectivity index (χ4v) is 5.23.